The van der Waals surface area contributed by atoms with Crippen LogP contribution in [0, 0.1) is 5.92 Å². The first kappa shape index (κ1) is 10.3. The van der Waals surface area contributed by atoms with Gasteiger partial charge in [0.25, 0.3) is 0 Å². The largest absolute Gasteiger partial charge is 0.392 e. The van der Waals surface area contributed by atoms with Crippen LogP contribution in [0.2, 0.25) is 0 Å². The summed E-state index contributed by atoms with van der Waals surface area (Å²) in [7, 11) is 0. The molecule has 0 bridgehead atoms. The average Bonchev–Trinajstić information content (AvgIpc) is 3.06. The molecule has 2 saturated carbocycles. The highest BCUT2D eigenvalue weighted by Gasteiger charge is 2.50. The quantitative estimate of drug-likeness (QED) is 0.819. The van der Waals surface area contributed by atoms with Gasteiger partial charge in [-0.2, -0.15) is 0 Å². The zero-order valence-electron chi connectivity index (χ0n) is 9.73. The fourth-order valence-corrected chi connectivity index (χ4v) is 2.99. The van der Waals surface area contributed by atoms with E-state index in [-0.39, 0.29) is 11.5 Å². The molecule has 16 heavy (non-hydrogen) atoms. The smallest absolute Gasteiger partial charge is 0.0639 e. The van der Waals surface area contributed by atoms with Crippen LogP contribution in [0.25, 0.3) is 0 Å². The van der Waals surface area contributed by atoms with Crippen LogP contribution in [0.1, 0.15) is 44.1 Å². The molecule has 0 aromatic heterocycles. The van der Waals surface area contributed by atoms with Crippen LogP contribution in [0.3, 0.4) is 0 Å². The van der Waals surface area contributed by atoms with Gasteiger partial charge < -0.3 is 5.11 Å². The topological polar surface area (TPSA) is 20.2 Å². The van der Waals surface area contributed by atoms with Crippen LogP contribution < -0.4 is 0 Å². The minimum absolute atomic E-state index is 0.111. The van der Waals surface area contributed by atoms with Gasteiger partial charge in [-0.15, -0.1) is 0 Å². The molecule has 1 unspecified atom stereocenters. The highest BCUT2D eigenvalue weighted by molar-refractivity contribution is 5.33. The Labute approximate surface area is 97.5 Å². The van der Waals surface area contributed by atoms with Gasteiger partial charge in [-0.1, -0.05) is 49.6 Å². The molecule has 1 N–H and O–H groups in total. The molecule has 0 heterocycles. The molecule has 86 valence electrons. The molecule has 1 atom stereocenters. The summed E-state index contributed by atoms with van der Waals surface area (Å²) in [6, 6.07) is 10.6. The average molecular weight is 216 g/mol. The minimum Gasteiger partial charge on any atom is -0.392 e. The molecular weight excluding hydrogens is 196 g/mol. The zero-order chi connectivity index (χ0) is 11.0. The Bertz CT molecular complexity index is 349. The van der Waals surface area contributed by atoms with Crippen molar-refractivity contribution in [1.82, 2.24) is 0 Å². The van der Waals surface area contributed by atoms with E-state index in [1.54, 1.807) is 0 Å². The molecule has 1 aromatic carbocycles. The Morgan fingerprint density at radius 1 is 1.19 bits per heavy atom. The second-order valence-corrected chi connectivity index (χ2v) is 5.57. The molecule has 0 spiro atoms. The molecule has 1 nitrogen and oxygen atoms in total. The van der Waals surface area contributed by atoms with E-state index >= 15 is 0 Å². The number of hydrogen-bond acceptors (Lipinski definition) is 1. The van der Waals surface area contributed by atoms with E-state index in [4.69, 9.17) is 0 Å². The van der Waals surface area contributed by atoms with Crippen molar-refractivity contribution in [2.24, 2.45) is 5.92 Å². The van der Waals surface area contributed by atoms with E-state index in [9.17, 15) is 5.11 Å². The SMILES string of the molecule is OC(CC1CCC1)C1(c2ccccc2)CC1. The van der Waals surface area contributed by atoms with Gasteiger partial charge in [-0.3, -0.25) is 0 Å². The maximum absolute atomic E-state index is 10.4. The highest BCUT2D eigenvalue weighted by atomic mass is 16.3. The van der Waals surface area contributed by atoms with Gasteiger partial charge in [-0.25, -0.2) is 0 Å². The zero-order valence-corrected chi connectivity index (χ0v) is 9.73. The van der Waals surface area contributed by atoms with Gasteiger partial charge in [0.05, 0.1) is 6.10 Å². The maximum Gasteiger partial charge on any atom is 0.0639 e. The first-order valence-electron chi connectivity index (χ1n) is 6.55. The van der Waals surface area contributed by atoms with Gasteiger partial charge in [0, 0.05) is 5.41 Å². The van der Waals surface area contributed by atoms with Crippen molar-refractivity contribution < 1.29 is 5.11 Å². The second-order valence-electron chi connectivity index (χ2n) is 5.57. The summed E-state index contributed by atoms with van der Waals surface area (Å²) in [6.07, 6.45) is 7.30. The Hall–Kier alpha value is -0.820. The Morgan fingerprint density at radius 2 is 1.88 bits per heavy atom. The molecule has 0 amide bonds. The number of rotatable bonds is 4. The molecule has 1 heteroatoms. The predicted molar refractivity (Wildman–Crippen MR) is 65.3 cm³/mol. The van der Waals surface area contributed by atoms with Crippen LogP contribution in [0.15, 0.2) is 30.3 Å². The second kappa shape index (κ2) is 3.89. The summed E-state index contributed by atoms with van der Waals surface area (Å²) in [4.78, 5) is 0. The molecule has 1 aromatic rings. The Kier molecular flexibility index (Phi) is 2.51. The summed E-state index contributed by atoms with van der Waals surface area (Å²) in [5, 5.41) is 10.4. The van der Waals surface area contributed by atoms with Gasteiger partial charge >= 0.3 is 0 Å². The van der Waals surface area contributed by atoms with Crippen LogP contribution in [0.4, 0.5) is 0 Å². The fraction of sp³-hybridized carbons (Fsp3) is 0.600. The molecule has 3 rings (SSSR count). The molecule has 0 aliphatic heterocycles. The van der Waals surface area contributed by atoms with Gasteiger partial charge in [-0.05, 0) is 30.7 Å². The van der Waals surface area contributed by atoms with Crippen molar-refractivity contribution in [3.63, 3.8) is 0 Å². The maximum atomic E-state index is 10.4. The standard InChI is InChI=1S/C15H20O/c16-14(11-12-5-4-6-12)15(9-10-15)13-7-2-1-3-8-13/h1-3,7-8,12,14,16H,4-6,9-11H2. The van der Waals surface area contributed by atoms with Crippen molar-refractivity contribution in [3.8, 4) is 0 Å². The Morgan fingerprint density at radius 3 is 2.38 bits per heavy atom. The van der Waals surface area contributed by atoms with Crippen LogP contribution in [0.5, 0.6) is 0 Å². The predicted octanol–water partition coefficient (Wildman–Crippen LogP) is 3.27. The summed E-state index contributed by atoms with van der Waals surface area (Å²) in [6.45, 7) is 0. The third-order valence-corrected chi connectivity index (χ3v) is 4.56. The van der Waals surface area contributed by atoms with Gasteiger partial charge in [0.2, 0.25) is 0 Å². The summed E-state index contributed by atoms with van der Waals surface area (Å²) >= 11 is 0. The lowest BCUT2D eigenvalue weighted by molar-refractivity contribution is 0.0838. The van der Waals surface area contributed by atoms with Crippen molar-refractivity contribution >= 4 is 0 Å². The normalized spacial score (nSPS) is 24.8. The number of aliphatic hydroxyl groups is 1. The first-order valence-corrected chi connectivity index (χ1v) is 6.55. The van der Waals surface area contributed by atoms with E-state index in [1.165, 1.54) is 37.7 Å². The first-order chi connectivity index (χ1) is 7.81. The van der Waals surface area contributed by atoms with Crippen molar-refractivity contribution in [2.45, 2.75) is 50.0 Å². The van der Waals surface area contributed by atoms with Crippen molar-refractivity contribution in [2.75, 3.05) is 0 Å². The Balaban J connectivity index is 1.72. The van der Waals surface area contributed by atoms with E-state index in [0.717, 1.165) is 12.3 Å². The number of benzene rings is 1. The number of aliphatic hydroxyl groups excluding tert-OH is 1. The lowest BCUT2D eigenvalue weighted by Crippen LogP contribution is -2.30. The summed E-state index contributed by atoms with van der Waals surface area (Å²) < 4.78 is 0. The third-order valence-electron chi connectivity index (χ3n) is 4.56. The van der Waals surface area contributed by atoms with E-state index < -0.39 is 0 Å². The van der Waals surface area contributed by atoms with E-state index in [1.807, 2.05) is 0 Å². The van der Waals surface area contributed by atoms with E-state index in [2.05, 4.69) is 30.3 Å². The summed E-state index contributed by atoms with van der Waals surface area (Å²) in [5.74, 6) is 0.802. The molecule has 0 radical (unpaired) electrons. The molecule has 0 saturated heterocycles. The van der Waals surface area contributed by atoms with Crippen molar-refractivity contribution in [1.29, 1.82) is 0 Å². The van der Waals surface area contributed by atoms with Crippen LogP contribution >= 0.6 is 0 Å². The third kappa shape index (κ3) is 1.67. The molecule has 2 aliphatic carbocycles. The van der Waals surface area contributed by atoms with Crippen LogP contribution in [-0.2, 0) is 5.41 Å². The van der Waals surface area contributed by atoms with Gasteiger partial charge in [0.15, 0.2) is 0 Å². The minimum atomic E-state index is -0.111. The lowest BCUT2D eigenvalue weighted by Gasteiger charge is -2.31. The fourth-order valence-electron chi connectivity index (χ4n) is 2.99. The molecular formula is C15H20O. The monoisotopic (exact) mass is 216 g/mol. The molecule has 2 fully saturated rings. The van der Waals surface area contributed by atoms with Gasteiger partial charge in [0.1, 0.15) is 0 Å². The van der Waals surface area contributed by atoms with E-state index in [0.29, 0.717) is 0 Å². The van der Waals surface area contributed by atoms with Crippen LogP contribution in [-0.4, -0.2) is 11.2 Å². The summed E-state index contributed by atoms with van der Waals surface area (Å²) in [5.41, 5.74) is 1.47. The lowest BCUT2D eigenvalue weighted by atomic mass is 9.77. The number of hydrogen-bond donors (Lipinski definition) is 1. The molecule has 2 aliphatic rings. The van der Waals surface area contributed by atoms with Crippen molar-refractivity contribution in [3.05, 3.63) is 35.9 Å². The highest BCUT2D eigenvalue weighted by Crippen LogP contribution is 2.53.